The lowest BCUT2D eigenvalue weighted by molar-refractivity contribution is -0.122. The zero-order valence-electron chi connectivity index (χ0n) is 19.0. The molecule has 9 nitrogen and oxygen atoms in total. The summed E-state index contributed by atoms with van der Waals surface area (Å²) in [6.45, 7) is 0.643. The fraction of sp³-hybridized carbons (Fsp3) is 0.192. The van der Waals surface area contributed by atoms with E-state index in [9.17, 15) is 9.59 Å². The van der Waals surface area contributed by atoms with E-state index in [1.807, 2.05) is 66.7 Å². The number of nitrogens with zero attached hydrogens (tertiary/aromatic N) is 3. The molecule has 7 rings (SSSR count). The first-order valence-corrected chi connectivity index (χ1v) is 11.2. The van der Waals surface area contributed by atoms with Gasteiger partial charge in [-0.1, -0.05) is 6.07 Å². The van der Waals surface area contributed by atoms with Crippen LogP contribution in [0.4, 0.5) is 0 Å². The molecule has 2 amide bonds. The topological polar surface area (TPSA) is 114 Å². The fourth-order valence-electron chi connectivity index (χ4n) is 3.18. The number of benzene rings is 2. The minimum atomic E-state index is -0.268. The second-order valence-electron chi connectivity index (χ2n) is 7.78. The van der Waals surface area contributed by atoms with Crippen LogP contribution in [-0.4, -0.2) is 29.2 Å². The number of nitrogens with one attached hydrogen (secondary N) is 2. The van der Waals surface area contributed by atoms with Gasteiger partial charge in [0.2, 0.25) is 11.8 Å². The van der Waals surface area contributed by atoms with Crippen molar-refractivity contribution in [2.75, 3.05) is 0 Å². The molecule has 0 saturated heterocycles. The van der Waals surface area contributed by atoms with Crippen molar-refractivity contribution in [2.24, 2.45) is 10.2 Å². The number of pyridine rings is 1. The number of hydrogen-bond acceptors (Lipinski definition) is 7. The molecule has 0 radical (unpaired) electrons. The first-order chi connectivity index (χ1) is 17.1. The average Bonchev–Trinajstić information content (AvgIpc) is 2.87. The summed E-state index contributed by atoms with van der Waals surface area (Å²) in [5, 5.41) is 7.92. The molecule has 178 valence electrons. The van der Waals surface area contributed by atoms with E-state index in [-0.39, 0.29) is 24.7 Å². The third kappa shape index (κ3) is 7.78. The average molecular weight is 472 g/mol. The molecule has 2 aromatic carbocycles. The van der Waals surface area contributed by atoms with Crippen molar-refractivity contribution in [1.82, 2.24) is 15.8 Å². The Morgan fingerprint density at radius 3 is 1.54 bits per heavy atom. The molecule has 0 spiro atoms. The van der Waals surface area contributed by atoms with Crippen LogP contribution in [0.15, 0.2) is 76.9 Å². The number of hydrazone groups is 2. The number of aromatic nitrogens is 1. The maximum absolute atomic E-state index is 11.9. The quantitative estimate of drug-likeness (QED) is 0.522. The predicted molar refractivity (Wildman–Crippen MR) is 131 cm³/mol. The van der Waals surface area contributed by atoms with Gasteiger partial charge in [0.1, 0.15) is 24.7 Å². The molecule has 0 saturated carbocycles. The number of ether oxygens (including phenoxy) is 2. The van der Waals surface area contributed by atoms with Gasteiger partial charge in [-0.2, -0.15) is 10.2 Å². The van der Waals surface area contributed by atoms with Crippen molar-refractivity contribution in [2.45, 2.75) is 32.5 Å². The number of amides is 2. The molecule has 0 atom stereocenters. The van der Waals surface area contributed by atoms with E-state index in [2.05, 4.69) is 26.0 Å². The summed E-state index contributed by atoms with van der Waals surface area (Å²) in [7, 11) is 0. The molecular weight excluding hydrogens is 446 g/mol. The Morgan fingerprint density at radius 1 is 0.629 bits per heavy atom. The van der Waals surface area contributed by atoms with Crippen molar-refractivity contribution in [3.05, 3.63) is 89.2 Å². The molecule has 1 aromatic heterocycles. The van der Waals surface area contributed by atoms with Crippen molar-refractivity contribution < 1.29 is 19.1 Å². The van der Waals surface area contributed by atoms with Gasteiger partial charge in [0.15, 0.2) is 0 Å². The highest BCUT2D eigenvalue weighted by Crippen LogP contribution is 2.15. The summed E-state index contributed by atoms with van der Waals surface area (Å²) in [5.74, 6) is 0.850. The molecule has 4 aliphatic heterocycles. The van der Waals surface area contributed by atoms with E-state index in [0.717, 1.165) is 22.5 Å². The smallest absolute Gasteiger partial charge is 0.240 e. The van der Waals surface area contributed by atoms with Gasteiger partial charge in [0, 0.05) is 12.8 Å². The van der Waals surface area contributed by atoms with Crippen molar-refractivity contribution >= 4 is 24.2 Å². The van der Waals surface area contributed by atoms with Crippen molar-refractivity contribution in [3.8, 4) is 11.5 Å². The van der Waals surface area contributed by atoms with Crippen LogP contribution < -0.4 is 20.3 Å². The molecule has 0 aliphatic carbocycles. The molecule has 0 unspecified atom stereocenters. The molecule has 2 N–H and O–H groups in total. The van der Waals surface area contributed by atoms with Crippen LogP contribution in [0.2, 0.25) is 0 Å². The summed E-state index contributed by atoms with van der Waals surface area (Å²) >= 11 is 0. The Bertz CT molecular complexity index is 1120. The predicted octanol–water partition coefficient (Wildman–Crippen LogP) is 3.32. The maximum atomic E-state index is 11.9. The van der Waals surface area contributed by atoms with Crippen molar-refractivity contribution in [3.63, 3.8) is 0 Å². The highest BCUT2D eigenvalue weighted by atomic mass is 16.5. The van der Waals surface area contributed by atoms with Crippen LogP contribution >= 0.6 is 0 Å². The third-order valence-electron chi connectivity index (χ3n) is 5.01. The summed E-state index contributed by atoms with van der Waals surface area (Å²) in [4.78, 5) is 28.4. The Balaban J connectivity index is 1.46. The van der Waals surface area contributed by atoms with Crippen molar-refractivity contribution in [1.29, 1.82) is 0 Å². The molecule has 0 fully saturated rings. The zero-order valence-corrected chi connectivity index (χ0v) is 19.0. The van der Waals surface area contributed by atoms with Crippen LogP contribution in [0, 0.1) is 0 Å². The molecule has 35 heavy (non-hydrogen) atoms. The lowest BCUT2D eigenvalue weighted by Gasteiger charge is -2.09. The van der Waals surface area contributed by atoms with E-state index in [1.165, 1.54) is 0 Å². The summed E-state index contributed by atoms with van der Waals surface area (Å²) in [5.41, 5.74) is 8.12. The standard InChI is InChI=1S/C26H25N5O4/c32-25-5-2-6-26(33)31-28-16-20-9-13-24(14-10-20)35-18-22-4-1-3-21(29-22)17-34-23-11-7-19(8-12-23)15-27-30-25/h1,3-4,7-16H,2,5-6,17-18H2,(H,30,32)(H,31,33)/b27-15+,28-16+. The van der Waals surface area contributed by atoms with E-state index in [4.69, 9.17) is 9.47 Å². The molecule has 5 heterocycles. The Morgan fingerprint density at radius 2 is 1.09 bits per heavy atom. The summed E-state index contributed by atoms with van der Waals surface area (Å²) < 4.78 is 11.7. The first kappa shape index (κ1) is 23.6. The first-order valence-electron chi connectivity index (χ1n) is 11.2. The molecule has 6 bridgehead atoms. The van der Waals surface area contributed by atoms with Crippen LogP contribution in [0.1, 0.15) is 41.8 Å². The number of rotatable bonds is 0. The minimum absolute atomic E-state index is 0.179. The van der Waals surface area contributed by atoms with E-state index < -0.39 is 0 Å². The van der Waals surface area contributed by atoms with Gasteiger partial charge in [-0.25, -0.2) is 10.9 Å². The van der Waals surface area contributed by atoms with E-state index in [1.54, 1.807) is 12.4 Å². The Labute approximate surface area is 202 Å². The Hall–Kier alpha value is -4.53. The van der Waals surface area contributed by atoms with Crippen LogP contribution in [0.5, 0.6) is 11.5 Å². The number of hydrogen-bond donors (Lipinski definition) is 2. The molecule has 3 aromatic rings. The number of carbonyl (C=O) groups is 2. The van der Waals surface area contributed by atoms with Crippen LogP contribution in [0.3, 0.4) is 0 Å². The van der Waals surface area contributed by atoms with Gasteiger partial charge in [0.25, 0.3) is 0 Å². The van der Waals surface area contributed by atoms with Gasteiger partial charge in [-0.05, 0) is 78.2 Å². The second-order valence-corrected chi connectivity index (χ2v) is 7.78. The lowest BCUT2D eigenvalue weighted by atomic mass is 10.2. The van der Waals surface area contributed by atoms with E-state index >= 15 is 0 Å². The van der Waals surface area contributed by atoms with Gasteiger partial charge in [0.05, 0.1) is 23.8 Å². The summed E-state index contributed by atoms with van der Waals surface area (Å²) in [6.07, 6.45) is 3.84. The molecule has 9 heteroatoms. The third-order valence-corrected chi connectivity index (χ3v) is 5.01. The van der Waals surface area contributed by atoms with Crippen LogP contribution in [-0.2, 0) is 22.8 Å². The Kier molecular flexibility index (Phi) is 8.15. The second kappa shape index (κ2) is 12.1. The monoisotopic (exact) mass is 471 g/mol. The van der Waals surface area contributed by atoms with Gasteiger partial charge in [-0.3, -0.25) is 14.6 Å². The van der Waals surface area contributed by atoms with E-state index in [0.29, 0.717) is 31.1 Å². The highest BCUT2D eigenvalue weighted by molar-refractivity contribution is 5.84. The highest BCUT2D eigenvalue weighted by Gasteiger charge is 2.05. The summed E-state index contributed by atoms with van der Waals surface area (Å²) in [6, 6.07) is 20.4. The number of carbonyl (C=O) groups excluding carboxylic acids is 2. The molecule has 4 aliphatic rings. The largest absolute Gasteiger partial charge is 0.487 e. The lowest BCUT2D eigenvalue weighted by Crippen LogP contribution is -2.20. The van der Waals surface area contributed by atoms with Gasteiger partial charge < -0.3 is 9.47 Å². The zero-order chi connectivity index (χ0) is 24.3. The fourth-order valence-corrected chi connectivity index (χ4v) is 3.18. The van der Waals surface area contributed by atoms with Gasteiger partial charge in [-0.15, -0.1) is 0 Å². The maximum Gasteiger partial charge on any atom is 0.240 e. The SMILES string of the molecule is O=C1CCCC(=O)N/N=C/c2ccc(cc2)OCc2cccc(n2)COc2ccc(cc2)/C=N/N1. The normalized spacial score (nSPS) is 16.9. The molecular formula is C26H25N5O4. The minimum Gasteiger partial charge on any atom is -0.487 e. The van der Waals surface area contributed by atoms with Crippen LogP contribution in [0.25, 0.3) is 0 Å². The van der Waals surface area contributed by atoms with Gasteiger partial charge >= 0.3 is 0 Å².